The molecular formula is C11H19Br2NO2. The SMILES string of the molecule is CC(C)(C)C1(OC(=O)C(Br)Br)CCNCC1. The molecule has 0 radical (unpaired) electrons. The maximum Gasteiger partial charge on any atom is 0.331 e. The minimum Gasteiger partial charge on any atom is -0.457 e. The third-order valence-electron chi connectivity index (χ3n) is 3.25. The quantitative estimate of drug-likeness (QED) is 0.610. The van der Waals surface area contributed by atoms with Crippen molar-refractivity contribution in [1.82, 2.24) is 5.32 Å². The van der Waals surface area contributed by atoms with Crippen molar-refractivity contribution in [1.29, 1.82) is 0 Å². The summed E-state index contributed by atoms with van der Waals surface area (Å²) >= 11 is 6.37. The molecule has 0 aromatic heterocycles. The molecule has 1 aliphatic heterocycles. The number of nitrogens with one attached hydrogen (secondary N) is 1. The molecule has 1 rings (SSSR count). The van der Waals surface area contributed by atoms with Crippen LogP contribution in [0.4, 0.5) is 0 Å². The summed E-state index contributed by atoms with van der Waals surface area (Å²) in [7, 11) is 0. The van der Waals surface area contributed by atoms with E-state index < -0.39 is 3.74 Å². The van der Waals surface area contributed by atoms with Gasteiger partial charge in [0.2, 0.25) is 0 Å². The third-order valence-corrected chi connectivity index (χ3v) is 4.00. The average Bonchev–Trinajstić information content (AvgIpc) is 2.17. The van der Waals surface area contributed by atoms with Crippen LogP contribution in [0.15, 0.2) is 0 Å². The molecule has 0 aliphatic carbocycles. The van der Waals surface area contributed by atoms with Crippen LogP contribution in [-0.4, -0.2) is 28.4 Å². The Kier molecular flexibility index (Phi) is 4.84. The van der Waals surface area contributed by atoms with Crippen molar-refractivity contribution in [2.24, 2.45) is 5.41 Å². The Bertz CT molecular complexity index is 255. The van der Waals surface area contributed by atoms with Gasteiger partial charge in [-0.15, -0.1) is 0 Å². The van der Waals surface area contributed by atoms with E-state index in [-0.39, 0.29) is 17.0 Å². The third kappa shape index (κ3) is 3.20. The summed E-state index contributed by atoms with van der Waals surface area (Å²) in [6, 6.07) is 0. The second-order valence-corrected chi connectivity index (χ2v) is 8.28. The monoisotopic (exact) mass is 355 g/mol. The van der Waals surface area contributed by atoms with E-state index in [0.717, 1.165) is 25.9 Å². The Morgan fingerprint density at radius 3 is 2.19 bits per heavy atom. The van der Waals surface area contributed by atoms with Crippen molar-refractivity contribution in [3.8, 4) is 0 Å². The molecule has 0 atom stereocenters. The maximum absolute atomic E-state index is 11.7. The summed E-state index contributed by atoms with van der Waals surface area (Å²) in [6.07, 6.45) is 1.74. The lowest BCUT2D eigenvalue weighted by Crippen LogP contribution is -2.54. The predicted octanol–water partition coefficient (Wildman–Crippen LogP) is 2.81. The van der Waals surface area contributed by atoms with Crippen molar-refractivity contribution in [2.45, 2.75) is 43.0 Å². The van der Waals surface area contributed by atoms with Gasteiger partial charge in [0, 0.05) is 18.3 Å². The number of rotatable bonds is 2. The van der Waals surface area contributed by atoms with Crippen molar-refractivity contribution < 1.29 is 9.53 Å². The van der Waals surface area contributed by atoms with E-state index in [0.29, 0.717) is 0 Å². The van der Waals surface area contributed by atoms with Gasteiger partial charge in [-0.2, -0.15) is 0 Å². The lowest BCUT2D eigenvalue weighted by Gasteiger charge is -2.46. The van der Waals surface area contributed by atoms with Crippen LogP contribution in [0.2, 0.25) is 0 Å². The lowest BCUT2D eigenvalue weighted by atomic mass is 9.71. The molecule has 0 amide bonds. The fourth-order valence-corrected chi connectivity index (χ4v) is 2.26. The highest BCUT2D eigenvalue weighted by molar-refractivity contribution is 9.25. The van der Waals surface area contributed by atoms with Gasteiger partial charge in [0.25, 0.3) is 0 Å². The number of carbonyl (C=O) groups is 1. The van der Waals surface area contributed by atoms with E-state index in [1.165, 1.54) is 0 Å². The van der Waals surface area contributed by atoms with Gasteiger partial charge in [-0.25, -0.2) is 4.79 Å². The molecule has 1 saturated heterocycles. The highest BCUT2D eigenvalue weighted by atomic mass is 79.9. The van der Waals surface area contributed by atoms with Gasteiger partial charge >= 0.3 is 5.97 Å². The Morgan fingerprint density at radius 2 is 1.81 bits per heavy atom. The van der Waals surface area contributed by atoms with Gasteiger partial charge in [0.1, 0.15) is 5.60 Å². The van der Waals surface area contributed by atoms with Crippen LogP contribution < -0.4 is 5.32 Å². The fraction of sp³-hybridized carbons (Fsp3) is 0.909. The minimum atomic E-state index is -0.422. The Hall–Kier alpha value is 0.390. The number of halogens is 2. The summed E-state index contributed by atoms with van der Waals surface area (Å²) in [4.78, 5) is 11.7. The molecule has 0 bridgehead atoms. The van der Waals surface area contributed by atoms with E-state index in [1.54, 1.807) is 0 Å². The van der Waals surface area contributed by atoms with Crippen molar-refractivity contribution in [3.63, 3.8) is 0 Å². The number of alkyl halides is 2. The van der Waals surface area contributed by atoms with Gasteiger partial charge in [-0.05, 0) is 13.1 Å². The van der Waals surface area contributed by atoms with Gasteiger partial charge in [0.05, 0.1) is 0 Å². The van der Waals surface area contributed by atoms with E-state index >= 15 is 0 Å². The van der Waals surface area contributed by atoms with E-state index in [4.69, 9.17) is 4.74 Å². The molecule has 16 heavy (non-hydrogen) atoms. The Balaban J connectivity index is 2.83. The highest BCUT2D eigenvalue weighted by Crippen LogP contribution is 2.41. The van der Waals surface area contributed by atoms with Crippen LogP contribution in [0.25, 0.3) is 0 Å². The molecular weight excluding hydrogens is 338 g/mol. The number of hydrogen-bond acceptors (Lipinski definition) is 3. The minimum absolute atomic E-state index is 0.0420. The largest absolute Gasteiger partial charge is 0.457 e. The van der Waals surface area contributed by atoms with Gasteiger partial charge in [-0.3, -0.25) is 0 Å². The van der Waals surface area contributed by atoms with Crippen LogP contribution in [-0.2, 0) is 9.53 Å². The predicted molar refractivity (Wildman–Crippen MR) is 72.0 cm³/mol. The van der Waals surface area contributed by atoms with Gasteiger partial charge in [0.15, 0.2) is 3.74 Å². The number of esters is 1. The number of carbonyl (C=O) groups excluding carboxylic acids is 1. The maximum atomic E-state index is 11.7. The fourth-order valence-electron chi connectivity index (χ4n) is 2.07. The van der Waals surface area contributed by atoms with Crippen LogP contribution >= 0.6 is 31.9 Å². The van der Waals surface area contributed by atoms with E-state index in [9.17, 15) is 4.79 Å². The topological polar surface area (TPSA) is 38.3 Å². The zero-order valence-electron chi connectivity index (χ0n) is 9.98. The van der Waals surface area contributed by atoms with Crippen LogP contribution in [0.3, 0.4) is 0 Å². The number of ether oxygens (including phenoxy) is 1. The van der Waals surface area contributed by atoms with Crippen molar-refractivity contribution in [3.05, 3.63) is 0 Å². The molecule has 5 heteroatoms. The summed E-state index contributed by atoms with van der Waals surface area (Å²) in [6.45, 7) is 8.19. The Morgan fingerprint density at radius 1 is 1.31 bits per heavy atom. The Labute approximate surface area is 114 Å². The van der Waals surface area contributed by atoms with E-state index in [2.05, 4.69) is 57.9 Å². The van der Waals surface area contributed by atoms with Gasteiger partial charge < -0.3 is 10.1 Å². The average molecular weight is 357 g/mol. The van der Waals surface area contributed by atoms with Crippen LogP contribution in [0.1, 0.15) is 33.6 Å². The molecule has 1 aliphatic rings. The molecule has 94 valence electrons. The second kappa shape index (κ2) is 5.36. The van der Waals surface area contributed by atoms with Crippen molar-refractivity contribution >= 4 is 37.8 Å². The molecule has 0 spiro atoms. The van der Waals surface area contributed by atoms with Crippen LogP contribution in [0.5, 0.6) is 0 Å². The highest BCUT2D eigenvalue weighted by Gasteiger charge is 2.46. The van der Waals surface area contributed by atoms with E-state index in [1.807, 2.05) is 0 Å². The molecule has 0 unspecified atom stereocenters. The molecule has 0 aromatic rings. The first kappa shape index (κ1) is 14.5. The zero-order valence-corrected chi connectivity index (χ0v) is 13.2. The summed E-state index contributed by atoms with van der Waals surface area (Å²) < 4.78 is 5.31. The standard InChI is InChI=1S/C11H19Br2NO2/c1-10(2,3)11(4-6-14-7-5-11)16-9(15)8(12)13/h8,14H,4-7H2,1-3H3. The molecule has 1 fully saturated rings. The molecule has 0 aromatic carbocycles. The number of hydrogen-bond donors (Lipinski definition) is 1. The molecule has 3 nitrogen and oxygen atoms in total. The second-order valence-electron chi connectivity index (χ2n) is 5.22. The normalized spacial score (nSPS) is 20.9. The van der Waals surface area contributed by atoms with Crippen LogP contribution in [0, 0.1) is 5.41 Å². The van der Waals surface area contributed by atoms with Crippen molar-refractivity contribution in [2.75, 3.05) is 13.1 Å². The molecule has 0 saturated carbocycles. The summed E-state index contributed by atoms with van der Waals surface area (Å²) in [5.74, 6) is -0.239. The lowest BCUT2D eigenvalue weighted by molar-refractivity contribution is -0.175. The molecule has 1 N–H and O–H groups in total. The summed E-state index contributed by atoms with van der Waals surface area (Å²) in [5, 5.41) is 3.30. The smallest absolute Gasteiger partial charge is 0.331 e. The first-order valence-corrected chi connectivity index (χ1v) is 7.33. The first-order chi connectivity index (χ1) is 7.28. The van der Waals surface area contributed by atoms with Gasteiger partial charge in [-0.1, -0.05) is 52.6 Å². The summed E-state index contributed by atoms with van der Waals surface area (Å²) in [5.41, 5.74) is -0.394. The zero-order chi connectivity index (χ0) is 12.4. The molecule has 1 heterocycles. The number of piperidine rings is 1. The first-order valence-electron chi connectivity index (χ1n) is 5.50.